The molecule has 0 radical (unpaired) electrons. The molecule has 1 aromatic rings. The summed E-state index contributed by atoms with van der Waals surface area (Å²) in [6, 6.07) is 4.86. The quantitative estimate of drug-likeness (QED) is 0.930. The van der Waals surface area contributed by atoms with Gasteiger partial charge in [0.2, 0.25) is 0 Å². The van der Waals surface area contributed by atoms with Gasteiger partial charge in [-0.2, -0.15) is 0 Å². The Morgan fingerprint density at radius 1 is 1.47 bits per heavy atom. The molecule has 2 nitrogen and oxygen atoms in total. The van der Waals surface area contributed by atoms with Crippen molar-refractivity contribution in [2.24, 2.45) is 11.7 Å². The third kappa shape index (κ3) is 3.50. The number of nitrogens with zero attached hydrogens (tertiary/aromatic N) is 1. The van der Waals surface area contributed by atoms with E-state index in [0.717, 1.165) is 36.2 Å². The van der Waals surface area contributed by atoms with Crippen LogP contribution in [0.4, 0.5) is 4.39 Å². The van der Waals surface area contributed by atoms with E-state index >= 15 is 0 Å². The predicted octanol–water partition coefficient (Wildman–Crippen LogP) is 2.76. The Morgan fingerprint density at radius 3 is 3.06 bits per heavy atom. The van der Waals surface area contributed by atoms with E-state index in [0.29, 0.717) is 5.92 Å². The number of piperidine rings is 1. The van der Waals surface area contributed by atoms with Gasteiger partial charge in [-0.3, -0.25) is 4.90 Å². The minimum Gasteiger partial charge on any atom is -0.330 e. The molecule has 1 aromatic carbocycles. The molecular formula is C13H18BrFN2. The average Bonchev–Trinajstić information content (AvgIpc) is 2.34. The minimum atomic E-state index is -0.171. The largest absolute Gasteiger partial charge is 0.330 e. The number of likely N-dealkylation sites (tertiary alicyclic amines) is 1. The molecule has 17 heavy (non-hydrogen) atoms. The Balaban J connectivity index is 2.02. The van der Waals surface area contributed by atoms with Gasteiger partial charge >= 0.3 is 0 Å². The highest BCUT2D eigenvalue weighted by Gasteiger charge is 2.19. The molecule has 0 bridgehead atoms. The van der Waals surface area contributed by atoms with Crippen LogP contribution in [0.15, 0.2) is 22.7 Å². The van der Waals surface area contributed by atoms with E-state index in [-0.39, 0.29) is 5.82 Å². The van der Waals surface area contributed by atoms with Crippen LogP contribution >= 0.6 is 15.9 Å². The van der Waals surface area contributed by atoms with Crippen molar-refractivity contribution in [2.75, 3.05) is 19.6 Å². The predicted molar refractivity (Wildman–Crippen MR) is 71.2 cm³/mol. The maximum Gasteiger partial charge on any atom is 0.123 e. The fraction of sp³-hybridized carbons (Fsp3) is 0.538. The molecule has 1 aliphatic rings. The van der Waals surface area contributed by atoms with Crippen LogP contribution in [0.25, 0.3) is 0 Å². The van der Waals surface area contributed by atoms with E-state index in [2.05, 4.69) is 20.8 Å². The molecule has 1 aliphatic heterocycles. The van der Waals surface area contributed by atoms with Crippen LogP contribution in [-0.4, -0.2) is 24.5 Å². The molecule has 0 aliphatic carbocycles. The van der Waals surface area contributed by atoms with Crippen LogP contribution in [0.3, 0.4) is 0 Å². The lowest BCUT2D eigenvalue weighted by Crippen LogP contribution is -2.37. The van der Waals surface area contributed by atoms with Crippen LogP contribution in [0.5, 0.6) is 0 Å². The fourth-order valence-electron chi connectivity index (χ4n) is 2.39. The Bertz CT molecular complexity index is 384. The van der Waals surface area contributed by atoms with Gasteiger partial charge in [0, 0.05) is 17.6 Å². The van der Waals surface area contributed by atoms with E-state index in [1.54, 1.807) is 12.1 Å². The van der Waals surface area contributed by atoms with Gasteiger partial charge in [-0.15, -0.1) is 0 Å². The Kier molecular flexibility index (Phi) is 4.54. The van der Waals surface area contributed by atoms with E-state index in [9.17, 15) is 4.39 Å². The van der Waals surface area contributed by atoms with E-state index < -0.39 is 0 Å². The monoisotopic (exact) mass is 300 g/mol. The second-order valence-electron chi connectivity index (χ2n) is 4.71. The molecule has 0 saturated carbocycles. The third-order valence-electron chi connectivity index (χ3n) is 3.34. The van der Waals surface area contributed by atoms with Crippen molar-refractivity contribution in [2.45, 2.75) is 19.4 Å². The van der Waals surface area contributed by atoms with E-state index in [4.69, 9.17) is 5.73 Å². The number of rotatable bonds is 3. The number of hydrogen-bond donors (Lipinski definition) is 1. The molecule has 1 fully saturated rings. The van der Waals surface area contributed by atoms with Crippen molar-refractivity contribution in [3.8, 4) is 0 Å². The summed E-state index contributed by atoms with van der Waals surface area (Å²) in [6.07, 6.45) is 2.41. The van der Waals surface area contributed by atoms with Crippen molar-refractivity contribution >= 4 is 15.9 Å². The molecule has 94 valence electrons. The van der Waals surface area contributed by atoms with E-state index in [1.807, 2.05) is 0 Å². The van der Waals surface area contributed by atoms with Gasteiger partial charge in [-0.05, 0) is 55.6 Å². The molecule has 1 heterocycles. The van der Waals surface area contributed by atoms with E-state index in [1.165, 1.54) is 18.9 Å². The molecule has 1 saturated heterocycles. The SMILES string of the molecule is NCC1CCCN(Cc2cc(F)ccc2Br)C1. The fourth-order valence-corrected chi connectivity index (χ4v) is 2.76. The molecule has 2 rings (SSSR count). The van der Waals surface area contributed by atoms with Gasteiger partial charge in [0.05, 0.1) is 0 Å². The standard InChI is InChI=1S/C13H18BrFN2/c14-13-4-3-12(15)6-11(13)9-17-5-1-2-10(7-16)8-17/h3-4,6,10H,1-2,5,7-9,16H2. The Morgan fingerprint density at radius 2 is 2.29 bits per heavy atom. The molecule has 0 aromatic heterocycles. The number of benzene rings is 1. The topological polar surface area (TPSA) is 29.3 Å². The summed E-state index contributed by atoms with van der Waals surface area (Å²) in [5.41, 5.74) is 6.73. The molecule has 4 heteroatoms. The summed E-state index contributed by atoms with van der Waals surface area (Å²) in [4.78, 5) is 2.36. The van der Waals surface area contributed by atoms with Crippen molar-refractivity contribution in [3.05, 3.63) is 34.1 Å². The number of halogens is 2. The van der Waals surface area contributed by atoms with Crippen LogP contribution in [0.2, 0.25) is 0 Å². The normalized spacial score (nSPS) is 21.7. The third-order valence-corrected chi connectivity index (χ3v) is 4.11. The molecule has 1 unspecified atom stereocenters. The van der Waals surface area contributed by atoms with Crippen molar-refractivity contribution in [1.29, 1.82) is 0 Å². The molecule has 1 atom stereocenters. The highest BCUT2D eigenvalue weighted by Crippen LogP contribution is 2.22. The van der Waals surface area contributed by atoms with Crippen LogP contribution in [-0.2, 0) is 6.54 Å². The maximum atomic E-state index is 13.2. The number of hydrogen-bond acceptors (Lipinski definition) is 2. The lowest BCUT2D eigenvalue weighted by Gasteiger charge is -2.32. The second kappa shape index (κ2) is 5.94. The van der Waals surface area contributed by atoms with Crippen molar-refractivity contribution in [3.63, 3.8) is 0 Å². The summed E-state index contributed by atoms with van der Waals surface area (Å²) in [7, 11) is 0. The first-order chi connectivity index (χ1) is 8.19. The van der Waals surface area contributed by atoms with Gasteiger partial charge < -0.3 is 5.73 Å². The first kappa shape index (κ1) is 13.0. The summed E-state index contributed by atoms with van der Waals surface area (Å²) in [5, 5.41) is 0. The van der Waals surface area contributed by atoms with Gasteiger partial charge in [-0.25, -0.2) is 4.39 Å². The smallest absolute Gasteiger partial charge is 0.123 e. The minimum absolute atomic E-state index is 0.171. The summed E-state index contributed by atoms with van der Waals surface area (Å²) >= 11 is 3.47. The zero-order valence-electron chi connectivity index (χ0n) is 9.83. The van der Waals surface area contributed by atoms with Crippen molar-refractivity contribution < 1.29 is 4.39 Å². The van der Waals surface area contributed by atoms with Gasteiger partial charge in [-0.1, -0.05) is 15.9 Å². The highest BCUT2D eigenvalue weighted by molar-refractivity contribution is 9.10. The summed E-state index contributed by atoms with van der Waals surface area (Å²) in [6.45, 7) is 3.66. The second-order valence-corrected chi connectivity index (χ2v) is 5.57. The maximum absolute atomic E-state index is 13.2. The van der Waals surface area contributed by atoms with Gasteiger partial charge in [0.1, 0.15) is 5.82 Å². The lowest BCUT2D eigenvalue weighted by atomic mass is 9.98. The summed E-state index contributed by atoms with van der Waals surface area (Å²) in [5.74, 6) is 0.423. The molecular weight excluding hydrogens is 283 g/mol. The van der Waals surface area contributed by atoms with Gasteiger partial charge in [0.25, 0.3) is 0 Å². The zero-order valence-corrected chi connectivity index (χ0v) is 11.4. The molecule has 2 N–H and O–H groups in total. The average molecular weight is 301 g/mol. The summed E-state index contributed by atoms with van der Waals surface area (Å²) < 4.78 is 14.2. The first-order valence-electron chi connectivity index (χ1n) is 6.05. The van der Waals surface area contributed by atoms with Crippen LogP contribution in [0.1, 0.15) is 18.4 Å². The number of nitrogens with two attached hydrogens (primary N) is 1. The Labute approximate surface area is 110 Å². The van der Waals surface area contributed by atoms with Crippen LogP contribution in [0, 0.1) is 11.7 Å². The first-order valence-corrected chi connectivity index (χ1v) is 6.84. The van der Waals surface area contributed by atoms with Crippen LogP contribution < -0.4 is 5.73 Å². The van der Waals surface area contributed by atoms with Gasteiger partial charge in [0.15, 0.2) is 0 Å². The lowest BCUT2D eigenvalue weighted by molar-refractivity contribution is 0.170. The Hall–Kier alpha value is -0.450. The van der Waals surface area contributed by atoms with Crippen molar-refractivity contribution in [1.82, 2.24) is 4.90 Å². The molecule has 0 spiro atoms. The zero-order chi connectivity index (χ0) is 12.3. The highest BCUT2D eigenvalue weighted by atomic mass is 79.9. The molecule has 0 amide bonds.